The summed E-state index contributed by atoms with van der Waals surface area (Å²) in [6.45, 7) is 4.01. The Hall–Kier alpha value is -2.44. The number of nitrogens with one attached hydrogen (secondary N) is 1. The maximum Gasteiger partial charge on any atom is 0.162 e. The van der Waals surface area contributed by atoms with Gasteiger partial charge in [0.1, 0.15) is 5.82 Å². The van der Waals surface area contributed by atoms with Gasteiger partial charge in [0.15, 0.2) is 5.82 Å². The molecular weight excluding hydrogens is 314 g/mol. The van der Waals surface area contributed by atoms with E-state index in [1.165, 1.54) is 0 Å². The molecule has 1 fully saturated rings. The third kappa shape index (κ3) is 3.36. The molecule has 0 bridgehead atoms. The molecule has 1 aliphatic rings. The highest BCUT2D eigenvalue weighted by Crippen LogP contribution is 2.28. The summed E-state index contributed by atoms with van der Waals surface area (Å²) < 4.78 is 5.48. The molecule has 0 spiro atoms. The van der Waals surface area contributed by atoms with E-state index in [1.54, 1.807) is 0 Å². The number of benzene rings is 1. The molecule has 1 aliphatic heterocycles. The molecule has 3 heterocycles. The quantitative estimate of drug-likeness (QED) is 0.793. The van der Waals surface area contributed by atoms with Gasteiger partial charge in [0, 0.05) is 48.4 Å². The lowest BCUT2D eigenvalue weighted by molar-refractivity contribution is 0.122. The van der Waals surface area contributed by atoms with Crippen molar-refractivity contribution >= 4 is 16.7 Å². The van der Waals surface area contributed by atoms with Gasteiger partial charge >= 0.3 is 0 Å². The number of nitrogens with zero attached hydrogens (tertiary/aromatic N) is 4. The normalized spacial score (nSPS) is 15.2. The van der Waals surface area contributed by atoms with Crippen molar-refractivity contribution in [2.75, 3.05) is 45.3 Å². The predicted octanol–water partition coefficient (Wildman–Crippen LogP) is 2.52. The number of H-pyrrole nitrogens is 1. The van der Waals surface area contributed by atoms with Gasteiger partial charge in [-0.3, -0.25) is 0 Å². The van der Waals surface area contributed by atoms with Crippen LogP contribution in [0.15, 0.2) is 36.5 Å². The molecule has 4 rings (SSSR count). The van der Waals surface area contributed by atoms with Gasteiger partial charge in [0.25, 0.3) is 0 Å². The van der Waals surface area contributed by atoms with Gasteiger partial charge in [-0.2, -0.15) is 0 Å². The highest BCUT2D eigenvalue weighted by molar-refractivity contribution is 5.93. The summed E-state index contributed by atoms with van der Waals surface area (Å²) in [7, 11) is 4.12. The molecule has 1 saturated heterocycles. The molecule has 130 valence electrons. The number of rotatable bonds is 4. The van der Waals surface area contributed by atoms with Gasteiger partial charge in [-0.15, -0.1) is 0 Å². The summed E-state index contributed by atoms with van der Waals surface area (Å²) in [5.74, 6) is 1.77. The van der Waals surface area contributed by atoms with Crippen LogP contribution in [0.5, 0.6) is 0 Å². The Labute approximate surface area is 147 Å². The van der Waals surface area contributed by atoms with E-state index in [2.05, 4.69) is 53.1 Å². The van der Waals surface area contributed by atoms with Gasteiger partial charge in [0.2, 0.25) is 0 Å². The van der Waals surface area contributed by atoms with Crippen molar-refractivity contribution in [1.82, 2.24) is 19.9 Å². The summed E-state index contributed by atoms with van der Waals surface area (Å²) in [5.41, 5.74) is 3.20. The summed E-state index contributed by atoms with van der Waals surface area (Å²) in [5, 5.41) is 1.15. The van der Waals surface area contributed by atoms with Gasteiger partial charge < -0.3 is 19.5 Å². The minimum atomic E-state index is 0.746. The fourth-order valence-electron chi connectivity index (χ4n) is 3.24. The molecule has 0 amide bonds. The van der Waals surface area contributed by atoms with E-state index in [0.29, 0.717) is 0 Å². The molecule has 0 aliphatic carbocycles. The fourth-order valence-corrected chi connectivity index (χ4v) is 3.24. The molecule has 2 aromatic heterocycles. The molecule has 3 aromatic rings. The highest BCUT2D eigenvalue weighted by atomic mass is 16.5. The second-order valence-electron chi connectivity index (χ2n) is 6.62. The molecule has 6 nitrogen and oxygen atoms in total. The Morgan fingerprint density at radius 1 is 1.16 bits per heavy atom. The molecule has 0 atom stereocenters. The Morgan fingerprint density at radius 3 is 2.80 bits per heavy atom. The van der Waals surface area contributed by atoms with Crippen LogP contribution in [-0.4, -0.2) is 60.3 Å². The standard InChI is InChI=1S/C19H23N5O/c1-23(2)13-14-12-18(24-8-10-25-11-9-24)22-19(21-14)16-4-3-5-17-15(16)6-7-20-17/h3-7,12,20H,8-11,13H2,1-2H3. The molecule has 6 heteroatoms. The Balaban J connectivity index is 1.81. The lowest BCUT2D eigenvalue weighted by Gasteiger charge is -2.28. The van der Waals surface area contributed by atoms with E-state index in [9.17, 15) is 0 Å². The minimum Gasteiger partial charge on any atom is -0.378 e. The van der Waals surface area contributed by atoms with E-state index in [4.69, 9.17) is 14.7 Å². The van der Waals surface area contributed by atoms with E-state index in [-0.39, 0.29) is 0 Å². The summed E-state index contributed by atoms with van der Waals surface area (Å²) in [6.07, 6.45) is 1.96. The second kappa shape index (κ2) is 6.82. The van der Waals surface area contributed by atoms with Crippen molar-refractivity contribution in [2.45, 2.75) is 6.54 Å². The van der Waals surface area contributed by atoms with Crippen LogP contribution in [0.3, 0.4) is 0 Å². The Kier molecular flexibility index (Phi) is 4.38. The second-order valence-corrected chi connectivity index (χ2v) is 6.62. The first-order chi connectivity index (χ1) is 12.2. The predicted molar refractivity (Wildman–Crippen MR) is 99.7 cm³/mol. The number of hydrogen-bond acceptors (Lipinski definition) is 5. The van der Waals surface area contributed by atoms with Crippen LogP contribution >= 0.6 is 0 Å². The van der Waals surface area contributed by atoms with Crippen molar-refractivity contribution in [3.05, 3.63) is 42.2 Å². The largest absolute Gasteiger partial charge is 0.378 e. The van der Waals surface area contributed by atoms with Gasteiger partial charge in [0.05, 0.1) is 18.9 Å². The van der Waals surface area contributed by atoms with Gasteiger partial charge in [-0.05, 0) is 26.2 Å². The number of anilines is 1. The van der Waals surface area contributed by atoms with Crippen LogP contribution in [0, 0.1) is 0 Å². The zero-order chi connectivity index (χ0) is 17.2. The highest BCUT2D eigenvalue weighted by Gasteiger charge is 2.17. The van der Waals surface area contributed by atoms with Crippen LogP contribution < -0.4 is 4.90 Å². The van der Waals surface area contributed by atoms with E-state index in [1.807, 2.05) is 12.3 Å². The first-order valence-corrected chi connectivity index (χ1v) is 8.62. The fraction of sp³-hybridized carbons (Fsp3) is 0.368. The first-order valence-electron chi connectivity index (χ1n) is 8.62. The van der Waals surface area contributed by atoms with E-state index >= 15 is 0 Å². The third-order valence-corrected chi connectivity index (χ3v) is 4.41. The van der Waals surface area contributed by atoms with Crippen LogP contribution in [0.1, 0.15) is 5.69 Å². The average Bonchev–Trinajstić information content (AvgIpc) is 3.10. The number of hydrogen-bond donors (Lipinski definition) is 1. The molecule has 1 aromatic carbocycles. The van der Waals surface area contributed by atoms with Gasteiger partial charge in [-0.25, -0.2) is 9.97 Å². The lowest BCUT2D eigenvalue weighted by Crippen LogP contribution is -2.37. The van der Waals surface area contributed by atoms with Crippen molar-refractivity contribution in [2.24, 2.45) is 0 Å². The van der Waals surface area contributed by atoms with Gasteiger partial charge in [-0.1, -0.05) is 12.1 Å². The van der Waals surface area contributed by atoms with Crippen molar-refractivity contribution in [1.29, 1.82) is 0 Å². The smallest absolute Gasteiger partial charge is 0.162 e. The van der Waals surface area contributed by atoms with Crippen LogP contribution in [-0.2, 0) is 11.3 Å². The summed E-state index contributed by atoms with van der Waals surface area (Å²) in [4.78, 5) is 17.4. The Bertz CT molecular complexity index is 867. The number of aromatic amines is 1. The number of ether oxygens (including phenoxy) is 1. The van der Waals surface area contributed by atoms with Crippen molar-refractivity contribution in [3.8, 4) is 11.4 Å². The molecular formula is C19H23N5O. The average molecular weight is 337 g/mol. The van der Waals surface area contributed by atoms with Crippen molar-refractivity contribution in [3.63, 3.8) is 0 Å². The lowest BCUT2D eigenvalue weighted by atomic mass is 10.1. The third-order valence-electron chi connectivity index (χ3n) is 4.41. The molecule has 1 N–H and O–H groups in total. The molecule has 25 heavy (non-hydrogen) atoms. The number of aromatic nitrogens is 3. The topological polar surface area (TPSA) is 57.3 Å². The van der Waals surface area contributed by atoms with Crippen molar-refractivity contribution < 1.29 is 4.74 Å². The first kappa shape index (κ1) is 16.1. The number of morpholine rings is 1. The SMILES string of the molecule is CN(C)Cc1cc(N2CCOCC2)nc(-c2cccc3[nH]ccc23)n1. The summed E-state index contributed by atoms with van der Waals surface area (Å²) in [6, 6.07) is 10.4. The zero-order valence-corrected chi connectivity index (χ0v) is 14.7. The molecule has 0 saturated carbocycles. The van der Waals surface area contributed by atoms with Crippen LogP contribution in [0.4, 0.5) is 5.82 Å². The Morgan fingerprint density at radius 2 is 2.00 bits per heavy atom. The zero-order valence-electron chi connectivity index (χ0n) is 14.7. The maximum absolute atomic E-state index is 5.48. The summed E-state index contributed by atoms with van der Waals surface area (Å²) >= 11 is 0. The minimum absolute atomic E-state index is 0.746. The van der Waals surface area contributed by atoms with Crippen LogP contribution in [0.2, 0.25) is 0 Å². The molecule has 0 radical (unpaired) electrons. The van der Waals surface area contributed by atoms with Crippen LogP contribution in [0.25, 0.3) is 22.3 Å². The molecule has 0 unspecified atom stereocenters. The van der Waals surface area contributed by atoms with E-state index in [0.717, 1.165) is 66.7 Å². The maximum atomic E-state index is 5.48. The monoisotopic (exact) mass is 337 g/mol. The van der Waals surface area contributed by atoms with E-state index < -0.39 is 0 Å². The number of fused-ring (bicyclic) bond motifs is 1.